The molecule has 0 aliphatic rings. The molecule has 0 saturated carbocycles. The smallest absolute Gasteiger partial charge is 0.354 e. The molecule has 3 rings (SSSR count). The third-order valence-corrected chi connectivity index (χ3v) is 2.88. The standard InChI is InChI=1S/C15H11N3O3/c1-9-5-6-10-3-2-4-12(13(10)17-9)21-15-16-8-7-11(18-15)14(19)20/h2-8H,1H3,(H,19,20). The van der Waals surface area contributed by atoms with Gasteiger partial charge in [0.05, 0.1) is 0 Å². The third-order valence-electron chi connectivity index (χ3n) is 2.88. The van der Waals surface area contributed by atoms with Crippen molar-refractivity contribution in [2.24, 2.45) is 0 Å². The van der Waals surface area contributed by atoms with E-state index in [9.17, 15) is 4.79 Å². The molecule has 1 N–H and O–H groups in total. The maximum absolute atomic E-state index is 10.9. The number of fused-ring (bicyclic) bond motifs is 1. The molecule has 104 valence electrons. The van der Waals surface area contributed by atoms with Gasteiger partial charge in [-0.05, 0) is 25.1 Å². The number of carboxylic acids is 1. The summed E-state index contributed by atoms with van der Waals surface area (Å²) in [6.45, 7) is 1.89. The number of aryl methyl sites for hydroxylation is 1. The Labute approximate surface area is 120 Å². The van der Waals surface area contributed by atoms with Crippen molar-refractivity contribution in [1.29, 1.82) is 0 Å². The summed E-state index contributed by atoms with van der Waals surface area (Å²) < 4.78 is 5.59. The molecule has 1 aromatic carbocycles. The van der Waals surface area contributed by atoms with E-state index in [0.717, 1.165) is 11.1 Å². The van der Waals surface area contributed by atoms with E-state index < -0.39 is 5.97 Å². The molecular formula is C15H11N3O3. The number of ether oxygens (including phenoxy) is 1. The van der Waals surface area contributed by atoms with Gasteiger partial charge in [0.15, 0.2) is 11.4 Å². The molecule has 0 spiro atoms. The van der Waals surface area contributed by atoms with Gasteiger partial charge in [-0.2, -0.15) is 4.98 Å². The van der Waals surface area contributed by atoms with Crippen LogP contribution in [0.25, 0.3) is 10.9 Å². The van der Waals surface area contributed by atoms with Gasteiger partial charge in [-0.1, -0.05) is 18.2 Å². The molecule has 0 atom stereocenters. The lowest BCUT2D eigenvalue weighted by Crippen LogP contribution is -2.02. The SMILES string of the molecule is Cc1ccc2cccc(Oc3nccc(C(=O)O)n3)c2n1. The summed E-state index contributed by atoms with van der Waals surface area (Å²) in [7, 11) is 0. The predicted octanol–water partition coefficient (Wildman–Crippen LogP) is 2.82. The molecule has 0 aliphatic carbocycles. The molecule has 0 aliphatic heterocycles. The van der Waals surface area contributed by atoms with Crippen LogP contribution in [0.3, 0.4) is 0 Å². The second kappa shape index (κ2) is 5.16. The van der Waals surface area contributed by atoms with Gasteiger partial charge in [-0.25, -0.2) is 14.8 Å². The second-order valence-electron chi connectivity index (χ2n) is 4.41. The average Bonchev–Trinajstić information content (AvgIpc) is 2.48. The Hall–Kier alpha value is -3.02. The highest BCUT2D eigenvalue weighted by atomic mass is 16.5. The van der Waals surface area contributed by atoms with Crippen molar-refractivity contribution in [2.75, 3.05) is 0 Å². The predicted molar refractivity (Wildman–Crippen MR) is 75.5 cm³/mol. The zero-order valence-corrected chi connectivity index (χ0v) is 11.1. The van der Waals surface area contributed by atoms with E-state index >= 15 is 0 Å². The first-order chi connectivity index (χ1) is 10.1. The Balaban J connectivity index is 2.04. The number of hydrogen-bond acceptors (Lipinski definition) is 5. The maximum Gasteiger partial charge on any atom is 0.354 e. The molecule has 0 unspecified atom stereocenters. The molecule has 3 aromatic rings. The van der Waals surface area contributed by atoms with Crippen LogP contribution in [-0.4, -0.2) is 26.0 Å². The monoisotopic (exact) mass is 281 g/mol. The van der Waals surface area contributed by atoms with Crippen molar-refractivity contribution >= 4 is 16.9 Å². The number of hydrogen-bond donors (Lipinski definition) is 1. The average molecular weight is 281 g/mol. The van der Waals surface area contributed by atoms with Gasteiger partial charge >= 0.3 is 12.0 Å². The van der Waals surface area contributed by atoms with Crippen LogP contribution in [0.5, 0.6) is 11.8 Å². The number of nitrogens with zero attached hydrogens (tertiary/aromatic N) is 3. The number of benzene rings is 1. The van der Waals surface area contributed by atoms with Gasteiger partial charge in [0.2, 0.25) is 0 Å². The van der Waals surface area contributed by atoms with Gasteiger partial charge in [-0.15, -0.1) is 0 Å². The highest BCUT2D eigenvalue weighted by Crippen LogP contribution is 2.27. The van der Waals surface area contributed by atoms with E-state index in [1.165, 1.54) is 12.3 Å². The molecule has 0 bridgehead atoms. The van der Waals surface area contributed by atoms with Crippen LogP contribution in [0.15, 0.2) is 42.6 Å². The summed E-state index contributed by atoms with van der Waals surface area (Å²) in [4.78, 5) is 23.1. The summed E-state index contributed by atoms with van der Waals surface area (Å²) in [5, 5.41) is 9.85. The van der Waals surface area contributed by atoms with Gasteiger partial charge in [-0.3, -0.25) is 0 Å². The zero-order chi connectivity index (χ0) is 14.8. The van der Waals surface area contributed by atoms with Crippen molar-refractivity contribution in [3.8, 4) is 11.8 Å². The Kier molecular flexibility index (Phi) is 3.19. The number of para-hydroxylation sites is 1. The zero-order valence-electron chi connectivity index (χ0n) is 11.1. The maximum atomic E-state index is 10.9. The van der Waals surface area contributed by atoms with E-state index in [-0.39, 0.29) is 11.7 Å². The molecule has 2 heterocycles. The summed E-state index contributed by atoms with van der Waals surface area (Å²) in [6, 6.07) is 10.6. The first kappa shape index (κ1) is 13.0. The molecule has 0 radical (unpaired) electrons. The van der Waals surface area contributed by atoms with Crippen molar-refractivity contribution in [3.05, 3.63) is 54.0 Å². The van der Waals surface area contributed by atoms with Crippen LogP contribution in [-0.2, 0) is 0 Å². The number of carboxylic acid groups (broad SMARTS) is 1. The summed E-state index contributed by atoms with van der Waals surface area (Å²) >= 11 is 0. The summed E-state index contributed by atoms with van der Waals surface area (Å²) in [5.74, 6) is -0.645. The normalized spacial score (nSPS) is 10.5. The highest BCUT2D eigenvalue weighted by molar-refractivity contribution is 5.86. The summed E-state index contributed by atoms with van der Waals surface area (Å²) in [5.41, 5.74) is 1.42. The Morgan fingerprint density at radius 1 is 1.14 bits per heavy atom. The van der Waals surface area contributed by atoms with Crippen molar-refractivity contribution in [1.82, 2.24) is 15.0 Å². The van der Waals surface area contributed by atoms with Gasteiger partial charge in [0, 0.05) is 17.3 Å². The second-order valence-corrected chi connectivity index (χ2v) is 4.41. The van der Waals surface area contributed by atoms with Crippen LogP contribution < -0.4 is 4.74 Å². The van der Waals surface area contributed by atoms with E-state index in [0.29, 0.717) is 11.3 Å². The highest BCUT2D eigenvalue weighted by Gasteiger charge is 2.10. The lowest BCUT2D eigenvalue weighted by Gasteiger charge is -2.07. The molecule has 0 fully saturated rings. The topological polar surface area (TPSA) is 85.2 Å². The van der Waals surface area contributed by atoms with Crippen molar-refractivity contribution < 1.29 is 14.6 Å². The lowest BCUT2D eigenvalue weighted by atomic mass is 10.2. The fraction of sp³-hybridized carbons (Fsp3) is 0.0667. The van der Waals surface area contributed by atoms with Crippen LogP contribution in [0, 0.1) is 6.92 Å². The largest absolute Gasteiger partial charge is 0.477 e. The Morgan fingerprint density at radius 2 is 2.00 bits per heavy atom. The minimum absolute atomic E-state index is 0.0225. The number of rotatable bonds is 3. The van der Waals surface area contributed by atoms with Crippen molar-refractivity contribution in [3.63, 3.8) is 0 Å². The fourth-order valence-corrected chi connectivity index (χ4v) is 1.91. The molecule has 21 heavy (non-hydrogen) atoms. The molecule has 0 saturated heterocycles. The van der Waals surface area contributed by atoms with Crippen LogP contribution in [0.4, 0.5) is 0 Å². The van der Waals surface area contributed by atoms with E-state index in [1.807, 2.05) is 31.2 Å². The lowest BCUT2D eigenvalue weighted by molar-refractivity contribution is 0.0689. The fourth-order valence-electron chi connectivity index (χ4n) is 1.91. The van der Waals surface area contributed by atoms with Crippen LogP contribution >= 0.6 is 0 Å². The number of aromatic nitrogens is 3. The Morgan fingerprint density at radius 3 is 2.81 bits per heavy atom. The van der Waals surface area contributed by atoms with E-state index in [2.05, 4.69) is 15.0 Å². The van der Waals surface area contributed by atoms with Gasteiger partial charge < -0.3 is 9.84 Å². The van der Waals surface area contributed by atoms with Crippen molar-refractivity contribution in [2.45, 2.75) is 6.92 Å². The number of pyridine rings is 1. The minimum atomic E-state index is -1.13. The van der Waals surface area contributed by atoms with Crippen LogP contribution in [0.1, 0.15) is 16.2 Å². The molecule has 6 heteroatoms. The number of aromatic carboxylic acids is 1. The van der Waals surface area contributed by atoms with Gasteiger partial charge in [0.1, 0.15) is 5.52 Å². The molecular weight excluding hydrogens is 270 g/mol. The van der Waals surface area contributed by atoms with Gasteiger partial charge in [0.25, 0.3) is 0 Å². The molecule has 0 amide bonds. The molecule has 2 aromatic heterocycles. The Bertz CT molecular complexity index is 833. The first-order valence-corrected chi connectivity index (χ1v) is 6.24. The number of carbonyl (C=O) groups is 1. The van der Waals surface area contributed by atoms with E-state index in [4.69, 9.17) is 9.84 Å². The van der Waals surface area contributed by atoms with E-state index in [1.54, 1.807) is 6.07 Å². The molecule has 6 nitrogen and oxygen atoms in total. The first-order valence-electron chi connectivity index (χ1n) is 6.24. The third kappa shape index (κ3) is 2.64. The summed E-state index contributed by atoms with van der Waals surface area (Å²) in [6.07, 6.45) is 1.34. The quantitative estimate of drug-likeness (QED) is 0.794. The van der Waals surface area contributed by atoms with Crippen LogP contribution in [0.2, 0.25) is 0 Å². The minimum Gasteiger partial charge on any atom is -0.477 e.